The van der Waals surface area contributed by atoms with Gasteiger partial charge < -0.3 is 10.2 Å². The topological polar surface area (TPSA) is 86.8 Å². The van der Waals surface area contributed by atoms with Gasteiger partial charge >= 0.3 is 0 Å². The van der Waals surface area contributed by atoms with Crippen LogP contribution >= 0.6 is 11.6 Å². The summed E-state index contributed by atoms with van der Waals surface area (Å²) in [7, 11) is -3.63. The summed E-state index contributed by atoms with van der Waals surface area (Å²) in [6.45, 7) is 2.32. The molecule has 0 spiro atoms. The summed E-state index contributed by atoms with van der Waals surface area (Å²) in [5.41, 5.74) is 1.58. The molecule has 0 saturated heterocycles. The van der Waals surface area contributed by atoms with Crippen molar-refractivity contribution in [2.24, 2.45) is 0 Å². The smallest absolute Gasteiger partial charge is 0.243 e. The van der Waals surface area contributed by atoms with Crippen LogP contribution in [0.25, 0.3) is 0 Å². The average molecular weight is 588 g/mol. The van der Waals surface area contributed by atoms with Crippen molar-refractivity contribution in [3.63, 3.8) is 0 Å². The van der Waals surface area contributed by atoms with Crippen LogP contribution in [0.5, 0.6) is 0 Å². The molecule has 1 atom stereocenters. The van der Waals surface area contributed by atoms with Gasteiger partial charge in [-0.25, -0.2) is 12.8 Å². The summed E-state index contributed by atoms with van der Waals surface area (Å²) in [6, 6.07) is 21.0. The summed E-state index contributed by atoms with van der Waals surface area (Å²) >= 11 is 5.96. The molecule has 1 N–H and O–H groups in total. The first-order chi connectivity index (χ1) is 19.1. The Morgan fingerprint density at radius 3 is 2.25 bits per heavy atom. The number of hydrogen-bond acceptors (Lipinski definition) is 4. The number of amides is 2. The predicted molar refractivity (Wildman–Crippen MR) is 157 cm³/mol. The first kappa shape index (κ1) is 31.1. The molecule has 3 aromatic carbocycles. The molecule has 0 saturated carbocycles. The lowest BCUT2D eigenvalue weighted by molar-refractivity contribution is -0.141. The second kappa shape index (κ2) is 14.8. The fourth-order valence-corrected chi connectivity index (χ4v) is 5.43. The highest BCUT2D eigenvalue weighted by Crippen LogP contribution is 2.22. The molecule has 0 aliphatic heterocycles. The van der Waals surface area contributed by atoms with Crippen LogP contribution in [0.4, 0.5) is 10.1 Å². The Morgan fingerprint density at radius 2 is 1.62 bits per heavy atom. The van der Waals surface area contributed by atoms with Crippen LogP contribution in [0.15, 0.2) is 78.9 Å². The normalized spacial score (nSPS) is 12.0. The van der Waals surface area contributed by atoms with Gasteiger partial charge in [0.15, 0.2) is 0 Å². The van der Waals surface area contributed by atoms with Crippen LogP contribution in [-0.2, 0) is 32.6 Å². The number of nitrogens with zero attached hydrogens (tertiary/aromatic N) is 2. The van der Waals surface area contributed by atoms with Crippen LogP contribution in [-0.4, -0.2) is 50.5 Å². The standard InChI is InChI=1S/C30H35ClFN3O4S/c1-3-19-33-30(37)28(21-23-10-5-4-6-11-23)34(22-24-12-7-8-13-27(24)32)29(36)14-9-20-35(40(2,38)39)26-17-15-25(31)16-18-26/h4-8,10-13,15-18,28H,3,9,14,19-22H2,1-2H3,(H,33,37)/t28-/m0/s1. The number of halogens is 2. The zero-order valence-corrected chi connectivity index (χ0v) is 24.3. The van der Waals surface area contributed by atoms with Crippen LogP contribution in [0.1, 0.15) is 37.3 Å². The molecule has 214 valence electrons. The Kier molecular flexibility index (Phi) is 11.5. The van der Waals surface area contributed by atoms with E-state index in [2.05, 4.69) is 5.32 Å². The van der Waals surface area contributed by atoms with Crippen molar-refractivity contribution in [2.45, 2.75) is 45.2 Å². The van der Waals surface area contributed by atoms with Gasteiger partial charge in [-0.05, 0) is 48.7 Å². The number of carbonyl (C=O) groups is 2. The summed E-state index contributed by atoms with van der Waals surface area (Å²) in [5.74, 6) is -1.17. The van der Waals surface area contributed by atoms with Gasteiger partial charge in [-0.3, -0.25) is 13.9 Å². The minimum absolute atomic E-state index is 0.0413. The number of sulfonamides is 1. The molecule has 0 aliphatic rings. The Hall–Kier alpha value is -3.43. The summed E-state index contributed by atoms with van der Waals surface area (Å²) in [6.07, 6.45) is 2.22. The third-order valence-electron chi connectivity index (χ3n) is 6.39. The largest absolute Gasteiger partial charge is 0.354 e. The number of nitrogens with one attached hydrogen (secondary N) is 1. The Bertz CT molecular complexity index is 1370. The second-order valence-electron chi connectivity index (χ2n) is 9.52. The number of benzene rings is 3. The van der Waals surface area contributed by atoms with E-state index < -0.39 is 21.9 Å². The fourth-order valence-electron chi connectivity index (χ4n) is 4.34. The highest BCUT2D eigenvalue weighted by molar-refractivity contribution is 7.92. The van der Waals surface area contributed by atoms with Gasteiger partial charge in [-0.15, -0.1) is 0 Å². The van der Waals surface area contributed by atoms with Crippen molar-refractivity contribution in [2.75, 3.05) is 23.7 Å². The molecule has 10 heteroatoms. The van der Waals surface area contributed by atoms with Crippen LogP contribution in [0.2, 0.25) is 5.02 Å². The Morgan fingerprint density at radius 1 is 0.975 bits per heavy atom. The first-order valence-corrected chi connectivity index (χ1v) is 15.4. The van der Waals surface area contributed by atoms with Crippen molar-refractivity contribution in [1.29, 1.82) is 0 Å². The van der Waals surface area contributed by atoms with Gasteiger partial charge in [-0.2, -0.15) is 0 Å². The summed E-state index contributed by atoms with van der Waals surface area (Å²) < 4.78 is 40.9. The minimum atomic E-state index is -3.63. The molecule has 40 heavy (non-hydrogen) atoms. The molecule has 0 aromatic heterocycles. The molecule has 0 radical (unpaired) electrons. The molecular weight excluding hydrogens is 553 g/mol. The van der Waals surface area contributed by atoms with Gasteiger partial charge in [0.1, 0.15) is 11.9 Å². The maximum absolute atomic E-state index is 14.7. The molecule has 2 amide bonds. The first-order valence-electron chi connectivity index (χ1n) is 13.2. The van der Waals surface area contributed by atoms with E-state index in [9.17, 15) is 22.4 Å². The number of rotatable bonds is 14. The van der Waals surface area contributed by atoms with Crippen molar-refractivity contribution >= 4 is 39.1 Å². The van der Waals surface area contributed by atoms with E-state index in [1.807, 2.05) is 37.3 Å². The predicted octanol–water partition coefficient (Wildman–Crippen LogP) is 5.19. The fraction of sp³-hybridized carbons (Fsp3) is 0.333. The average Bonchev–Trinajstić information content (AvgIpc) is 2.93. The molecule has 7 nitrogen and oxygen atoms in total. The Balaban J connectivity index is 1.87. The molecular formula is C30H35ClFN3O4S. The van der Waals surface area contributed by atoms with E-state index in [1.165, 1.54) is 15.3 Å². The molecule has 0 unspecified atom stereocenters. The van der Waals surface area contributed by atoms with Gasteiger partial charge in [0, 0.05) is 43.1 Å². The van der Waals surface area contributed by atoms with Crippen LogP contribution in [0.3, 0.4) is 0 Å². The minimum Gasteiger partial charge on any atom is -0.354 e. The van der Waals surface area contributed by atoms with Gasteiger partial charge in [0.05, 0.1) is 11.9 Å². The van der Waals surface area contributed by atoms with E-state index in [0.29, 0.717) is 17.3 Å². The number of anilines is 1. The monoisotopic (exact) mass is 587 g/mol. The molecule has 3 rings (SSSR count). The van der Waals surface area contributed by atoms with E-state index in [4.69, 9.17) is 11.6 Å². The maximum Gasteiger partial charge on any atom is 0.243 e. The Labute approximate surface area is 241 Å². The van der Waals surface area contributed by atoms with Gasteiger partial charge in [-0.1, -0.05) is 67.1 Å². The van der Waals surface area contributed by atoms with E-state index in [0.717, 1.165) is 18.2 Å². The lowest BCUT2D eigenvalue weighted by Gasteiger charge is -2.32. The second-order valence-corrected chi connectivity index (χ2v) is 11.9. The summed E-state index contributed by atoms with van der Waals surface area (Å²) in [5, 5.41) is 3.36. The molecule has 3 aromatic rings. The maximum atomic E-state index is 14.7. The number of carbonyl (C=O) groups excluding carboxylic acids is 2. The van der Waals surface area contributed by atoms with Gasteiger partial charge in [0.25, 0.3) is 0 Å². The lowest BCUT2D eigenvalue weighted by Crippen LogP contribution is -2.50. The van der Waals surface area contributed by atoms with E-state index in [-0.39, 0.29) is 49.7 Å². The van der Waals surface area contributed by atoms with E-state index >= 15 is 0 Å². The molecule has 0 heterocycles. The molecule has 0 fully saturated rings. The summed E-state index contributed by atoms with van der Waals surface area (Å²) in [4.78, 5) is 28.5. The van der Waals surface area contributed by atoms with Crippen molar-refractivity contribution in [1.82, 2.24) is 10.2 Å². The van der Waals surface area contributed by atoms with Gasteiger partial charge in [0.2, 0.25) is 21.8 Å². The van der Waals surface area contributed by atoms with Crippen molar-refractivity contribution in [3.8, 4) is 0 Å². The highest BCUT2D eigenvalue weighted by atomic mass is 35.5. The van der Waals surface area contributed by atoms with Crippen molar-refractivity contribution < 1.29 is 22.4 Å². The van der Waals surface area contributed by atoms with E-state index in [1.54, 1.807) is 42.5 Å². The quantitative estimate of drug-likeness (QED) is 0.281. The number of hydrogen-bond donors (Lipinski definition) is 1. The molecule has 0 bridgehead atoms. The third-order valence-corrected chi connectivity index (χ3v) is 7.83. The highest BCUT2D eigenvalue weighted by Gasteiger charge is 2.31. The van der Waals surface area contributed by atoms with Crippen molar-refractivity contribution in [3.05, 3.63) is 101 Å². The van der Waals surface area contributed by atoms with Crippen LogP contribution < -0.4 is 9.62 Å². The SMILES string of the molecule is CCCNC(=O)[C@H](Cc1ccccc1)N(Cc1ccccc1F)C(=O)CCCN(c1ccc(Cl)cc1)S(C)(=O)=O. The third kappa shape index (κ3) is 9.06. The zero-order valence-electron chi connectivity index (χ0n) is 22.7. The van der Waals surface area contributed by atoms with Crippen LogP contribution in [0, 0.1) is 5.82 Å². The molecule has 0 aliphatic carbocycles. The lowest BCUT2D eigenvalue weighted by atomic mass is 10.0. The zero-order chi connectivity index (χ0) is 29.1.